The molecule has 3 nitrogen and oxygen atoms in total. The summed E-state index contributed by atoms with van der Waals surface area (Å²) in [4.78, 5) is 25.6. The van der Waals surface area contributed by atoms with Gasteiger partial charge < -0.3 is 0 Å². The average Bonchev–Trinajstić information content (AvgIpc) is 2.75. The molecule has 2 aliphatic heterocycles. The third-order valence-corrected chi connectivity index (χ3v) is 4.45. The normalized spacial score (nSPS) is 19.5. The maximum atomic E-state index is 12.2. The van der Waals surface area contributed by atoms with Crippen LogP contribution in [0.2, 0.25) is 0 Å². The van der Waals surface area contributed by atoms with Gasteiger partial charge in [-0.3, -0.25) is 14.5 Å². The molecule has 4 rings (SSSR count). The molecule has 0 saturated heterocycles. The van der Waals surface area contributed by atoms with Gasteiger partial charge >= 0.3 is 0 Å². The van der Waals surface area contributed by atoms with Crippen LogP contribution in [0.15, 0.2) is 42.5 Å². The summed E-state index contributed by atoms with van der Waals surface area (Å²) < 4.78 is 0. The molecule has 0 bridgehead atoms. The zero-order valence-electron chi connectivity index (χ0n) is 12.0. The highest BCUT2D eigenvalue weighted by Crippen LogP contribution is 2.43. The van der Waals surface area contributed by atoms with Gasteiger partial charge in [-0.15, -0.1) is 0 Å². The Balaban J connectivity index is 2.06. The molecule has 0 aromatic heterocycles. The number of fused-ring (bicyclic) bond motifs is 5. The van der Waals surface area contributed by atoms with Crippen molar-refractivity contribution >= 4 is 28.2 Å². The Morgan fingerprint density at radius 3 is 2.62 bits per heavy atom. The number of rotatable bonds is 0. The highest BCUT2D eigenvalue weighted by molar-refractivity contribution is 6.46. The molecule has 104 valence electrons. The van der Waals surface area contributed by atoms with E-state index in [2.05, 4.69) is 18.2 Å². The molecular weight excluding hydrogens is 262 g/mol. The number of carbonyl (C=O) groups excluding carboxylic acids is 2. The number of nitrogens with zero attached hydrogens (tertiary/aromatic N) is 1. The van der Waals surface area contributed by atoms with Gasteiger partial charge in [-0.2, -0.15) is 0 Å². The fraction of sp³-hybridized carbons (Fsp3) is 0.222. The minimum Gasteiger partial charge on any atom is -0.299 e. The van der Waals surface area contributed by atoms with Crippen LogP contribution in [0, 0.1) is 0 Å². The molecule has 3 heteroatoms. The van der Waals surface area contributed by atoms with Crippen molar-refractivity contribution in [3.63, 3.8) is 0 Å². The maximum Gasteiger partial charge on any atom is 0.299 e. The van der Waals surface area contributed by atoms with Crippen molar-refractivity contribution in [3.05, 3.63) is 53.6 Å². The molecule has 2 heterocycles. The number of benzene rings is 2. The third kappa shape index (κ3) is 1.54. The van der Waals surface area contributed by atoms with E-state index in [9.17, 15) is 9.59 Å². The van der Waals surface area contributed by atoms with Crippen LogP contribution in [-0.4, -0.2) is 22.1 Å². The topological polar surface area (TPSA) is 37.4 Å². The Labute approximate surface area is 122 Å². The van der Waals surface area contributed by atoms with Crippen LogP contribution < -0.4 is 0 Å². The summed E-state index contributed by atoms with van der Waals surface area (Å²) in [6.07, 6.45) is 2.23. The van der Waals surface area contributed by atoms with Crippen LogP contribution in [0.4, 0.5) is 0 Å². The molecule has 1 amide bonds. The number of amides is 1. The molecule has 0 atom stereocenters. The Morgan fingerprint density at radius 2 is 1.81 bits per heavy atom. The predicted octanol–water partition coefficient (Wildman–Crippen LogP) is 2.93. The van der Waals surface area contributed by atoms with E-state index in [4.69, 9.17) is 0 Å². The summed E-state index contributed by atoms with van der Waals surface area (Å²) in [5.74, 6) is -0.826. The summed E-state index contributed by atoms with van der Waals surface area (Å²) in [5, 5.41) is 2.40. The van der Waals surface area contributed by atoms with Gasteiger partial charge in [-0.25, -0.2) is 0 Å². The number of carbonyl (C=O) groups is 2. The van der Waals surface area contributed by atoms with E-state index >= 15 is 0 Å². The fourth-order valence-electron chi connectivity index (χ4n) is 3.55. The van der Waals surface area contributed by atoms with E-state index in [1.807, 2.05) is 32.0 Å². The molecule has 0 unspecified atom stereocenters. The number of ketones is 1. The largest absolute Gasteiger partial charge is 0.299 e. The Morgan fingerprint density at radius 1 is 1.05 bits per heavy atom. The smallest absolute Gasteiger partial charge is 0.299 e. The second-order valence-electron chi connectivity index (χ2n) is 6.34. The molecule has 2 aliphatic rings. The first kappa shape index (κ1) is 12.3. The lowest BCUT2D eigenvalue weighted by atomic mass is 9.82. The van der Waals surface area contributed by atoms with Crippen molar-refractivity contribution in [1.82, 2.24) is 4.90 Å². The molecular formula is C18H15NO2. The molecule has 0 radical (unpaired) electrons. The van der Waals surface area contributed by atoms with Gasteiger partial charge in [0.1, 0.15) is 0 Å². The molecule has 0 spiro atoms. The van der Waals surface area contributed by atoms with Crippen molar-refractivity contribution in [1.29, 1.82) is 0 Å². The van der Waals surface area contributed by atoms with Gasteiger partial charge in [0.15, 0.2) is 0 Å². The van der Waals surface area contributed by atoms with E-state index in [1.54, 1.807) is 4.90 Å². The molecule has 0 fully saturated rings. The van der Waals surface area contributed by atoms with Crippen molar-refractivity contribution < 1.29 is 9.59 Å². The van der Waals surface area contributed by atoms with Crippen LogP contribution in [0.3, 0.4) is 0 Å². The maximum absolute atomic E-state index is 12.2. The van der Waals surface area contributed by atoms with Gasteiger partial charge in [0.05, 0.1) is 5.70 Å². The zero-order chi connectivity index (χ0) is 14.8. The van der Waals surface area contributed by atoms with Gasteiger partial charge in [-0.1, -0.05) is 36.4 Å². The first-order valence-electron chi connectivity index (χ1n) is 7.10. The van der Waals surface area contributed by atoms with Gasteiger partial charge in [0.2, 0.25) is 5.78 Å². The molecule has 0 N–H and O–H groups in total. The third-order valence-electron chi connectivity index (χ3n) is 4.45. The average molecular weight is 277 g/mol. The first-order chi connectivity index (χ1) is 9.99. The van der Waals surface area contributed by atoms with Crippen molar-refractivity contribution in [3.8, 4) is 0 Å². The van der Waals surface area contributed by atoms with E-state index in [-0.39, 0.29) is 5.54 Å². The summed E-state index contributed by atoms with van der Waals surface area (Å²) in [7, 11) is 0. The van der Waals surface area contributed by atoms with E-state index in [0.29, 0.717) is 0 Å². The van der Waals surface area contributed by atoms with Gasteiger partial charge in [0.25, 0.3) is 5.91 Å². The van der Waals surface area contributed by atoms with Crippen LogP contribution in [-0.2, 0) is 16.0 Å². The summed E-state index contributed by atoms with van der Waals surface area (Å²) in [5.41, 5.74) is 2.60. The quantitative estimate of drug-likeness (QED) is 0.694. The summed E-state index contributed by atoms with van der Waals surface area (Å²) in [6.45, 7) is 4.03. The zero-order valence-corrected chi connectivity index (χ0v) is 12.0. The summed E-state index contributed by atoms with van der Waals surface area (Å²) >= 11 is 0. The number of hydrogen-bond donors (Lipinski definition) is 0. The van der Waals surface area contributed by atoms with Crippen molar-refractivity contribution in [2.45, 2.75) is 25.8 Å². The monoisotopic (exact) mass is 277 g/mol. The summed E-state index contributed by atoms with van der Waals surface area (Å²) in [6, 6.07) is 12.3. The molecule has 0 saturated carbocycles. The molecule has 2 aromatic carbocycles. The molecule has 21 heavy (non-hydrogen) atoms. The van der Waals surface area contributed by atoms with E-state index in [0.717, 1.165) is 17.7 Å². The van der Waals surface area contributed by atoms with Gasteiger partial charge in [-0.05, 0) is 36.6 Å². The highest BCUT2D eigenvalue weighted by Gasteiger charge is 2.45. The lowest BCUT2D eigenvalue weighted by molar-refractivity contribution is -0.141. The van der Waals surface area contributed by atoms with Crippen LogP contribution >= 0.6 is 0 Å². The second-order valence-corrected chi connectivity index (χ2v) is 6.34. The Bertz CT molecular complexity index is 845. The number of hydrogen-bond acceptors (Lipinski definition) is 2. The molecule has 0 aliphatic carbocycles. The Kier molecular flexibility index (Phi) is 2.24. The predicted molar refractivity (Wildman–Crippen MR) is 81.6 cm³/mol. The first-order valence-corrected chi connectivity index (χ1v) is 7.10. The fourth-order valence-corrected chi connectivity index (χ4v) is 3.55. The van der Waals surface area contributed by atoms with Crippen LogP contribution in [0.5, 0.6) is 0 Å². The van der Waals surface area contributed by atoms with Crippen molar-refractivity contribution in [2.24, 2.45) is 0 Å². The SMILES string of the molecule is CC1(C)Cc2c(ccc3ccccc23)C2=CC(=O)C(=O)N21. The lowest BCUT2D eigenvalue weighted by Crippen LogP contribution is -2.49. The Hall–Kier alpha value is -2.42. The van der Waals surface area contributed by atoms with E-state index in [1.165, 1.54) is 22.4 Å². The van der Waals surface area contributed by atoms with Crippen molar-refractivity contribution in [2.75, 3.05) is 0 Å². The minimum absolute atomic E-state index is 0.383. The standard InChI is InChI=1S/C18H15NO2/c1-18(2)10-14-12-6-4-3-5-11(12)7-8-13(14)15-9-16(20)17(21)19(15)18/h3-9H,10H2,1-2H3. The van der Waals surface area contributed by atoms with E-state index < -0.39 is 11.7 Å². The minimum atomic E-state index is -0.418. The highest BCUT2D eigenvalue weighted by atomic mass is 16.2. The van der Waals surface area contributed by atoms with Crippen LogP contribution in [0.1, 0.15) is 25.0 Å². The second kappa shape index (κ2) is 3.82. The van der Waals surface area contributed by atoms with Gasteiger partial charge in [0, 0.05) is 17.2 Å². The lowest BCUT2D eigenvalue weighted by Gasteiger charge is -2.42. The van der Waals surface area contributed by atoms with Crippen LogP contribution in [0.25, 0.3) is 16.5 Å². The molecule has 2 aromatic rings.